The van der Waals surface area contributed by atoms with E-state index in [1.54, 1.807) is 0 Å². The molecule has 4 aliphatic carbocycles. The van der Waals surface area contributed by atoms with E-state index in [0.717, 1.165) is 49.7 Å². The molecule has 4 rings (SSSR count). The summed E-state index contributed by atoms with van der Waals surface area (Å²) in [4.78, 5) is 22.2. The first-order chi connectivity index (χ1) is 17.1. The van der Waals surface area contributed by atoms with E-state index < -0.39 is 11.9 Å². The molecule has 4 aliphatic rings. The number of aliphatic carboxylic acids is 2. The van der Waals surface area contributed by atoms with Gasteiger partial charge < -0.3 is 20.4 Å². The van der Waals surface area contributed by atoms with Gasteiger partial charge in [-0.1, -0.05) is 39.2 Å². The number of aliphatic hydroxyl groups excluding tert-OH is 2. The number of hydrogen-bond acceptors (Lipinski definition) is 4. The fourth-order valence-electron chi connectivity index (χ4n) is 7.31. The summed E-state index contributed by atoms with van der Waals surface area (Å²) < 4.78 is 0. The molecule has 8 atom stereocenters. The summed E-state index contributed by atoms with van der Waals surface area (Å²) in [7, 11) is 0. The number of carboxylic acid groups (broad SMARTS) is 2. The molecule has 2 fully saturated rings. The van der Waals surface area contributed by atoms with Crippen molar-refractivity contribution in [2.45, 2.75) is 65.2 Å². The van der Waals surface area contributed by atoms with Crippen molar-refractivity contribution in [1.82, 2.24) is 0 Å². The molecule has 200 valence electrons. The molecule has 0 amide bonds. The van der Waals surface area contributed by atoms with E-state index in [1.807, 2.05) is 12.2 Å². The van der Waals surface area contributed by atoms with Gasteiger partial charge in [-0.25, -0.2) is 9.59 Å². The Morgan fingerprint density at radius 3 is 1.39 bits per heavy atom. The van der Waals surface area contributed by atoms with Gasteiger partial charge in [-0.15, -0.1) is 0 Å². The highest BCUT2D eigenvalue weighted by atomic mass is 16.4. The first-order valence-corrected chi connectivity index (χ1v) is 13.5. The Bertz CT molecular complexity index is 840. The summed E-state index contributed by atoms with van der Waals surface area (Å²) >= 11 is 0. The van der Waals surface area contributed by atoms with Gasteiger partial charge in [0.25, 0.3) is 0 Å². The molecule has 0 saturated heterocycles. The maximum Gasteiger partial charge on any atom is 0.331 e. The quantitative estimate of drug-likeness (QED) is 0.371. The van der Waals surface area contributed by atoms with Crippen LogP contribution in [0.25, 0.3) is 0 Å². The molecule has 6 nitrogen and oxygen atoms in total. The molecular formula is C30H44O6. The standard InChI is InChI=1S/2C15H22O3/c2*1-9-3-5-13(10(2)8-16)14-7-11(15(17)18)4-6-12(9)14/h2*7,9,12-14,16H,2-6,8H2,1H3,(H,17,18)/t2*9-,12+,13+,14-/m00/s1. The summed E-state index contributed by atoms with van der Waals surface area (Å²) in [5.41, 5.74) is 2.81. The third-order valence-corrected chi connectivity index (χ3v) is 9.53. The van der Waals surface area contributed by atoms with Crippen LogP contribution in [0.15, 0.2) is 47.6 Å². The van der Waals surface area contributed by atoms with Gasteiger partial charge in [0.1, 0.15) is 0 Å². The Hall–Kier alpha value is -2.18. The number of hydrogen-bond donors (Lipinski definition) is 4. The van der Waals surface area contributed by atoms with Crippen LogP contribution in [0.2, 0.25) is 0 Å². The fourth-order valence-corrected chi connectivity index (χ4v) is 7.31. The molecule has 0 aromatic carbocycles. The number of carboxylic acids is 2. The zero-order valence-corrected chi connectivity index (χ0v) is 21.9. The Morgan fingerprint density at radius 1 is 0.722 bits per heavy atom. The molecule has 0 aromatic rings. The number of rotatable bonds is 6. The van der Waals surface area contributed by atoms with E-state index in [0.29, 0.717) is 47.7 Å². The van der Waals surface area contributed by atoms with Gasteiger partial charge in [-0.2, -0.15) is 0 Å². The topological polar surface area (TPSA) is 115 Å². The van der Waals surface area contributed by atoms with Crippen molar-refractivity contribution in [2.24, 2.45) is 47.3 Å². The molecule has 0 radical (unpaired) electrons. The van der Waals surface area contributed by atoms with Gasteiger partial charge in [0.2, 0.25) is 0 Å². The van der Waals surface area contributed by atoms with Gasteiger partial charge >= 0.3 is 11.9 Å². The van der Waals surface area contributed by atoms with Gasteiger partial charge in [-0.3, -0.25) is 0 Å². The number of fused-ring (bicyclic) bond motifs is 2. The van der Waals surface area contributed by atoms with Crippen molar-refractivity contribution in [3.63, 3.8) is 0 Å². The molecule has 0 spiro atoms. The number of carbonyl (C=O) groups is 2. The van der Waals surface area contributed by atoms with Gasteiger partial charge in [0.15, 0.2) is 0 Å². The average molecular weight is 501 g/mol. The summed E-state index contributed by atoms with van der Waals surface area (Å²) in [5.74, 6) is 1.83. The Labute approximate surface area is 215 Å². The van der Waals surface area contributed by atoms with Crippen molar-refractivity contribution < 1.29 is 30.0 Å². The van der Waals surface area contributed by atoms with Crippen molar-refractivity contribution in [2.75, 3.05) is 13.2 Å². The first kappa shape index (κ1) is 28.4. The summed E-state index contributed by atoms with van der Waals surface area (Å²) in [6.45, 7) is 12.5. The van der Waals surface area contributed by atoms with Gasteiger partial charge in [-0.05, 0) is 110 Å². The smallest absolute Gasteiger partial charge is 0.331 e. The lowest BCUT2D eigenvalue weighted by Gasteiger charge is -2.44. The second-order valence-electron chi connectivity index (χ2n) is 11.5. The van der Waals surface area contributed by atoms with Crippen LogP contribution in [-0.4, -0.2) is 45.6 Å². The second-order valence-corrected chi connectivity index (χ2v) is 11.5. The van der Waals surface area contributed by atoms with Crippen molar-refractivity contribution in [3.8, 4) is 0 Å². The Balaban J connectivity index is 0.000000201. The van der Waals surface area contributed by atoms with Crippen LogP contribution in [0.5, 0.6) is 0 Å². The zero-order valence-electron chi connectivity index (χ0n) is 21.9. The molecule has 2 saturated carbocycles. The van der Waals surface area contributed by atoms with Crippen molar-refractivity contribution >= 4 is 11.9 Å². The molecule has 4 N–H and O–H groups in total. The molecule has 0 aliphatic heterocycles. The third-order valence-electron chi connectivity index (χ3n) is 9.53. The summed E-state index contributed by atoms with van der Waals surface area (Å²) in [6, 6.07) is 0. The number of allylic oxidation sites excluding steroid dienone is 2. The van der Waals surface area contributed by atoms with E-state index in [4.69, 9.17) is 10.2 Å². The predicted octanol–water partition coefficient (Wildman–Crippen LogP) is 5.24. The minimum absolute atomic E-state index is 0.0124. The van der Waals surface area contributed by atoms with E-state index in [-0.39, 0.29) is 36.9 Å². The molecular weight excluding hydrogens is 456 g/mol. The molecule has 0 bridgehead atoms. The van der Waals surface area contributed by atoms with E-state index >= 15 is 0 Å². The first-order valence-electron chi connectivity index (χ1n) is 13.5. The van der Waals surface area contributed by atoms with Crippen molar-refractivity contribution in [1.29, 1.82) is 0 Å². The van der Waals surface area contributed by atoms with Gasteiger partial charge in [0, 0.05) is 11.1 Å². The Morgan fingerprint density at radius 2 is 1.08 bits per heavy atom. The minimum Gasteiger partial charge on any atom is -0.478 e. The highest BCUT2D eigenvalue weighted by Crippen LogP contribution is 2.48. The third kappa shape index (κ3) is 6.20. The highest BCUT2D eigenvalue weighted by molar-refractivity contribution is 5.87. The largest absolute Gasteiger partial charge is 0.478 e. The maximum absolute atomic E-state index is 11.1. The number of aliphatic hydroxyl groups is 2. The predicted molar refractivity (Wildman–Crippen MR) is 140 cm³/mol. The maximum atomic E-state index is 11.1. The van der Waals surface area contributed by atoms with Gasteiger partial charge in [0.05, 0.1) is 13.2 Å². The van der Waals surface area contributed by atoms with E-state index in [9.17, 15) is 19.8 Å². The average Bonchev–Trinajstić information content (AvgIpc) is 2.88. The van der Waals surface area contributed by atoms with Crippen LogP contribution in [0.1, 0.15) is 65.2 Å². The summed E-state index contributed by atoms with van der Waals surface area (Å²) in [6.07, 6.45) is 11.5. The van der Waals surface area contributed by atoms with Crippen LogP contribution >= 0.6 is 0 Å². The zero-order chi connectivity index (χ0) is 26.6. The summed E-state index contributed by atoms with van der Waals surface area (Å²) in [5, 5.41) is 36.8. The van der Waals surface area contributed by atoms with E-state index in [2.05, 4.69) is 27.0 Å². The van der Waals surface area contributed by atoms with E-state index in [1.165, 1.54) is 0 Å². The lowest BCUT2D eigenvalue weighted by molar-refractivity contribution is -0.134. The van der Waals surface area contributed by atoms with Crippen LogP contribution < -0.4 is 0 Å². The lowest BCUT2D eigenvalue weighted by Crippen LogP contribution is -2.36. The van der Waals surface area contributed by atoms with Crippen molar-refractivity contribution in [3.05, 3.63) is 47.6 Å². The van der Waals surface area contributed by atoms with Crippen LogP contribution in [0.3, 0.4) is 0 Å². The molecule has 0 unspecified atom stereocenters. The second kappa shape index (κ2) is 12.4. The minimum atomic E-state index is -0.792. The Kier molecular flexibility index (Phi) is 9.76. The molecule has 0 aromatic heterocycles. The SMILES string of the molecule is C=C(CO)[C@H]1CC[C@H](C)[C@H]2CCC(C(=O)O)=C[C@@H]21.C=C(CO)[C@H]1CC[C@H](C)[C@H]2CCC(C(=O)O)=C[C@@H]21. The molecule has 6 heteroatoms. The fraction of sp³-hybridized carbons (Fsp3) is 0.667. The highest BCUT2D eigenvalue weighted by Gasteiger charge is 2.41. The molecule has 36 heavy (non-hydrogen) atoms. The van der Waals surface area contributed by atoms with Crippen LogP contribution in [0, 0.1) is 47.3 Å². The van der Waals surface area contributed by atoms with Crippen LogP contribution in [0.4, 0.5) is 0 Å². The molecule has 0 heterocycles. The monoisotopic (exact) mass is 500 g/mol. The normalized spacial score (nSPS) is 35.6. The lowest BCUT2D eigenvalue weighted by atomic mass is 9.61. The van der Waals surface area contributed by atoms with Crippen LogP contribution in [-0.2, 0) is 9.59 Å².